The number of hydrogen-bond donors (Lipinski definition) is 1. The summed E-state index contributed by atoms with van der Waals surface area (Å²) >= 11 is 0. The summed E-state index contributed by atoms with van der Waals surface area (Å²) in [6.45, 7) is 5.21. The molecule has 0 amide bonds. The van der Waals surface area contributed by atoms with Crippen molar-refractivity contribution in [2.24, 2.45) is 5.10 Å². The maximum absolute atomic E-state index is 13.1. The van der Waals surface area contributed by atoms with E-state index in [0.29, 0.717) is 11.3 Å². The van der Waals surface area contributed by atoms with Gasteiger partial charge in [-0.2, -0.15) is 5.10 Å². The molecule has 0 saturated carbocycles. The van der Waals surface area contributed by atoms with Gasteiger partial charge in [0.2, 0.25) is 5.89 Å². The minimum atomic E-state index is -4.61. The van der Waals surface area contributed by atoms with E-state index < -0.39 is 24.2 Å². The summed E-state index contributed by atoms with van der Waals surface area (Å²) in [7, 11) is 0. The standard InChI is InChI=1S/C17H15F3N4O3/c1-3-11-14(9(2)13-5-7-22-24(13)17(18,19)20)27-15(23-11)10-4-6-21-12(8-10)16(25)26/h3-4,6-9,13H,1,5H2,2H3,(H,25,26). The number of carboxylic acid groups (broad SMARTS) is 1. The van der Waals surface area contributed by atoms with Gasteiger partial charge in [-0.05, 0) is 18.2 Å². The molecular weight excluding hydrogens is 365 g/mol. The fourth-order valence-electron chi connectivity index (χ4n) is 2.89. The number of carbonyl (C=O) groups is 1. The first kappa shape index (κ1) is 18.6. The molecule has 2 atom stereocenters. The number of rotatable bonds is 5. The summed E-state index contributed by atoms with van der Waals surface area (Å²) < 4.78 is 45.1. The van der Waals surface area contributed by atoms with Crippen molar-refractivity contribution < 1.29 is 27.5 Å². The van der Waals surface area contributed by atoms with E-state index in [-0.39, 0.29) is 28.8 Å². The number of hydrazone groups is 1. The van der Waals surface area contributed by atoms with Gasteiger partial charge in [-0.1, -0.05) is 13.5 Å². The van der Waals surface area contributed by atoms with Crippen LogP contribution in [0.3, 0.4) is 0 Å². The number of carboxylic acids is 1. The van der Waals surface area contributed by atoms with Crippen LogP contribution in [-0.4, -0.2) is 44.6 Å². The van der Waals surface area contributed by atoms with Gasteiger partial charge < -0.3 is 9.52 Å². The van der Waals surface area contributed by atoms with E-state index >= 15 is 0 Å². The summed E-state index contributed by atoms with van der Waals surface area (Å²) in [6, 6.07) is 1.80. The van der Waals surface area contributed by atoms with Crippen molar-refractivity contribution in [3.8, 4) is 11.5 Å². The van der Waals surface area contributed by atoms with E-state index in [4.69, 9.17) is 9.52 Å². The van der Waals surface area contributed by atoms with Gasteiger partial charge in [0.05, 0.1) is 6.04 Å². The molecule has 0 aliphatic carbocycles. The average Bonchev–Trinajstić information content (AvgIpc) is 3.28. The van der Waals surface area contributed by atoms with E-state index in [1.54, 1.807) is 6.92 Å². The normalized spacial score (nSPS) is 17.9. The lowest BCUT2D eigenvalue weighted by molar-refractivity contribution is -0.256. The van der Waals surface area contributed by atoms with E-state index in [1.807, 2.05) is 0 Å². The zero-order valence-electron chi connectivity index (χ0n) is 14.1. The number of oxazole rings is 1. The Morgan fingerprint density at radius 1 is 1.52 bits per heavy atom. The molecule has 27 heavy (non-hydrogen) atoms. The van der Waals surface area contributed by atoms with Gasteiger partial charge in [-0.3, -0.25) is 0 Å². The largest absolute Gasteiger partial charge is 0.500 e. The highest BCUT2D eigenvalue weighted by Gasteiger charge is 2.46. The third-order valence-corrected chi connectivity index (χ3v) is 4.22. The number of aromatic nitrogens is 2. The van der Waals surface area contributed by atoms with Crippen LogP contribution in [0, 0.1) is 0 Å². The molecule has 1 aliphatic heterocycles. The summed E-state index contributed by atoms with van der Waals surface area (Å²) in [5.41, 5.74) is 0.437. The molecule has 7 nitrogen and oxygen atoms in total. The molecule has 2 unspecified atom stereocenters. The van der Waals surface area contributed by atoms with Crippen molar-refractivity contribution in [2.45, 2.75) is 31.6 Å². The van der Waals surface area contributed by atoms with Crippen LogP contribution in [0.15, 0.2) is 34.4 Å². The highest BCUT2D eigenvalue weighted by Crippen LogP contribution is 2.38. The SMILES string of the molecule is C=Cc1nc(-c2ccnc(C(=O)O)c2)oc1C(C)C1CC=NN1C(F)(F)F. The second-order valence-electron chi connectivity index (χ2n) is 5.91. The molecule has 2 aromatic rings. The average molecular weight is 380 g/mol. The Bertz CT molecular complexity index is 907. The van der Waals surface area contributed by atoms with E-state index in [0.717, 1.165) is 0 Å². The maximum Gasteiger partial charge on any atom is 0.500 e. The Labute approximate surface area is 151 Å². The van der Waals surface area contributed by atoms with Crippen LogP contribution in [0.25, 0.3) is 17.5 Å². The number of alkyl halides is 3. The summed E-state index contributed by atoms with van der Waals surface area (Å²) in [4.78, 5) is 19.0. The number of halogens is 3. The van der Waals surface area contributed by atoms with Gasteiger partial charge in [0.1, 0.15) is 17.1 Å². The predicted octanol–water partition coefficient (Wildman–Crippen LogP) is 3.76. The second kappa shape index (κ2) is 6.86. The van der Waals surface area contributed by atoms with Crippen LogP contribution in [-0.2, 0) is 0 Å². The molecule has 1 N–H and O–H groups in total. The van der Waals surface area contributed by atoms with Gasteiger partial charge >= 0.3 is 12.3 Å². The third kappa shape index (κ3) is 3.55. The van der Waals surface area contributed by atoms with Gasteiger partial charge in [0.25, 0.3) is 0 Å². The van der Waals surface area contributed by atoms with Crippen molar-refractivity contribution in [3.05, 3.63) is 42.1 Å². The van der Waals surface area contributed by atoms with Crippen molar-refractivity contribution >= 4 is 18.3 Å². The molecule has 0 radical (unpaired) electrons. The molecule has 1 aliphatic rings. The van der Waals surface area contributed by atoms with Gasteiger partial charge in [0.15, 0.2) is 0 Å². The Hall–Kier alpha value is -3.17. The van der Waals surface area contributed by atoms with Crippen molar-refractivity contribution in [3.63, 3.8) is 0 Å². The molecule has 142 valence electrons. The number of pyridine rings is 1. The number of nitrogens with zero attached hydrogens (tertiary/aromatic N) is 4. The predicted molar refractivity (Wildman–Crippen MR) is 90.0 cm³/mol. The highest BCUT2D eigenvalue weighted by atomic mass is 19.4. The zero-order chi connectivity index (χ0) is 19.8. The Morgan fingerprint density at radius 3 is 2.89 bits per heavy atom. The number of hydrogen-bond acceptors (Lipinski definition) is 6. The van der Waals surface area contributed by atoms with Crippen molar-refractivity contribution in [1.82, 2.24) is 15.0 Å². The van der Waals surface area contributed by atoms with Gasteiger partial charge in [-0.25, -0.2) is 19.8 Å². The van der Waals surface area contributed by atoms with E-state index in [1.165, 1.54) is 30.6 Å². The Kier molecular flexibility index (Phi) is 4.73. The molecule has 3 heterocycles. The summed E-state index contributed by atoms with van der Waals surface area (Å²) in [6.07, 6.45) is -0.625. The summed E-state index contributed by atoms with van der Waals surface area (Å²) in [5.74, 6) is -1.61. The summed E-state index contributed by atoms with van der Waals surface area (Å²) in [5, 5.41) is 12.6. The fraction of sp³-hybridized carbons (Fsp3) is 0.294. The van der Waals surface area contributed by atoms with Gasteiger partial charge in [-0.15, -0.1) is 13.2 Å². The molecule has 3 rings (SSSR count). The Balaban J connectivity index is 1.97. The van der Waals surface area contributed by atoms with Crippen molar-refractivity contribution in [1.29, 1.82) is 0 Å². The first-order valence-electron chi connectivity index (χ1n) is 7.93. The lowest BCUT2D eigenvalue weighted by Gasteiger charge is -2.29. The quantitative estimate of drug-likeness (QED) is 0.794. The minimum absolute atomic E-state index is 0.0779. The smallest absolute Gasteiger partial charge is 0.477 e. The van der Waals surface area contributed by atoms with Crippen LogP contribution in [0.1, 0.15) is 41.2 Å². The lowest BCUT2D eigenvalue weighted by atomic mass is 9.95. The monoisotopic (exact) mass is 380 g/mol. The first-order chi connectivity index (χ1) is 12.7. The van der Waals surface area contributed by atoms with Crippen LogP contribution in [0.4, 0.5) is 13.2 Å². The highest BCUT2D eigenvalue weighted by molar-refractivity contribution is 5.86. The first-order valence-corrected chi connectivity index (χ1v) is 7.93. The van der Waals surface area contributed by atoms with E-state index in [9.17, 15) is 18.0 Å². The lowest BCUT2D eigenvalue weighted by Crippen LogP contribution is -2.41. The third-order valence-electron chi connectivity index (χ3n) is 4.22. The molecule has 0 bridgehead atoms. The molecule has 2 aromatic heterocycles. The molecular formula is C17H15F3N4O3. The molecule has 10 heteroatoms. The topological polar surface area (TPSA) is 91.8 Å². The van der Waals surface area contributed by atoms with Crippen LogP contribution >= 0.6 is 0 Å². The number of aromatic carboxylic acids is 1. The van der Waals surface area contributed by atoms with Crippen molar-refractivity contribution in [2.75, 3.05) is 0 Å². The molecule has 0 fully saturated rings. The molecule has 0 aromatic carbocycles. The maximum atomic E-state index is 13.1. The second-order valence-corrected chi connectivity index (χ2v) is 5.91. The van der Waals surface area contributed by atoms with E-state index in [2.05, 4.69) is 21.6 Å². The van der Waals surface area contributed by atoms with Gasteiger partial charge in [0, 0.05) is 30.3 Å². The Morgan fingerprint density at radius 2 is 2.26 bits per heavy atom. The van der Waals surface area contributed by atoms with Crippen LogP contribution in [0.2, 0.25) is 0 Å². The molecule has 0 spiro atoms. The molecule has 0 saturated heterocycles. The van der Waals surface area contributed by atoms with Crippen LogP contribution in [0.5, 0.6) is 0 Å². The van der Waals surface area contributed by atoms with Crippen LogP contribution < -0.4 is 0 Å². The minimum Gasteiger partial charge on any atom is -0.477 e. The fourth-order valence-corrected chi connectivity index (χ4v) is 2.89. The zero-order valence-corrected chi connectivity index (χ0v) is 14.1.